The number of para-hydroxylation sites is 1. The molecule has 0 aliphatic carbocycles. The van der Waals surface area contributed by atoms with Crippen LogP contribution < -0.4 is 9.62 Å². The Morgan fingerprint density at radius 3 is 2.32 bits per heavy atom. The summed E-state index contributed by atoms with van der Waals surface area (Å²) in [6.45, 7) is 5.29. The number of nitrogens with one attached hydrogen (secondary N) is 1. The molecule has 0 aliphatic heterocycles. The van der Waals surface area contributed by atoms with Crippen molar-refractivity contribution < 1.29 is 17.6 Å². The Labute approximate surface area is 147 Å². The van der Waals surface area contributed by atoms with Crippen molar-refractivity contribution in [2.45, 2.75) is 26.8 Å². The molecule has 2 rings (SSSR count). The largest absolute Gasteiger partial charge is 0.324 e. The lowest BCUT2D eigenvalue weighted by molar-refractivity contribution is -0.116. The first-order valence-electron chi connectivity index (χ1n) is 7.73. The number of aryl methyl sites for hydroxylation is 2. The number of carbonyl (C=O) groups is 1. The van der Waals surface area contributed by atoms with Gasteiger partial charge in [-0.15, -0.1) is 0 Å². The Morgan fingerprint density at radius 1 is 1.12 bits per heavy atom. The smallest absolute Gasteiger partial charge is 0.247 e. The van der Waals surface area contributed by atoms with Crippen LogP contribution in [0.15, 0.2) is 42.5 Å². The van der Waals surface area contributed by atoms with Gasteiger partial charge in [0.2, 0.25) is 15.9 Å². The van der Waals surface area contributed by atoms with Crippen LogP contribution in [-0.4, -0.2) is 26.6 Å². The number of nitrogens with zero attached hydrogens (tertiary/aromatic N) is 1. The van der Waals surface area contributed by atoms with Crippen LogP contribution in [0.3, 0.4) is 0 Å². The lowest BCUT2D eigenvalue weighted by Gasteiger charge is -2.28. The molecule has 7 heteroatoms. The summed E-state index contributed by atoms with van der Waals surface area (Å²) >= 11 is 0. The third-order valence-corrected chi connectivity index (χ3v) is 5.18. The summed E-state index contributed by atoms with van der Waals surface area (Å²) in [5.41, 5.74) is 2.48. The number of hydrogen-bond donors (Lipinski definition) is 1. The summed E-state index contributed by atoms with van der Waals surface area (Å²) in [6.07, 6.45) is 0.944. The van der Waals surface area contributed by atoms with Crippen molar-refractivity contribution in [2.75, 3.05) is 15.9 Å². The molecule has 1 atom stereocenters. The molecule has 0 fully saturated rings. The number of sulfonamides is 1. The molecule has 0 aromatic heterocycles. The second-order valence-electron chi connectivity index (χ2n) is 5.97. The maximum atomic E-state index is 14.1. The molecule has 2 aromatic carbocycles. The van der Waals surface area contributed by atoms with Crippen molar-refractivity contribution in [3.8, 4) is 0 Å². The molecule has 0 radical (unpaired) electrons. The quantitative estimate of drug-likeness (QED) is 0.886. The van der Waals surface area contributed by atoms with Crippen LogP contribution in [0.2, 0.25) is 0 Å². The summed E-state index contributed by atoms with van der Waals surface area (Å²) in [4.78, 5) is 12.5. The fourth-order valence-electron chi connectivity index (χ4n) is 2.48. The predicted molar refractivity (Wildman–Crippen MR) is 97.7 cm³/mol. The van der Waals surface area contributed by atoms with Gasteiger partial charge in [0.05, 0.1) is 11.9 Å². The minimum absolute atomic E-state index is 0.160. The van der Waals surface area contributed by atoms with Crippen molar-refractivity contribution in [2.24, 2.45) is 0 Å². The number of rotatable bonds is 5. The van der Waals surface area contributed by atoms with Crippen LogP contribution in [0.4, 0.5) is 15.8 Å². The highest BCUT2D eigenvalue weighted by atomic mass is 32.2. The number of amides is 1. The van der Waals surface area contributed by atoms with Gasteiger partial charge in [-0.25, -0.2) is 12.8 Å². The molecule has 0 aliphatic rings. The minimum atomic E-state index is -3.86. The maximum absolute atomic E-state index is 14.1. The van der Waals surface area contributed by atoms with Crippen molar-refractivity contribution in [1.29, 1.82) is 0 Å². The molecule has 5 nitrogen and oxygen atoms in total. The van der Waals surface area contributed by atoms with Gasteiger partial charge in [0.25, 0.3) is 0 Å². The molecule has 134 valence electrons. The third-order valence-electron chi connectivity index (χ3n) is 3.95. The van der Waals surface area contributed by atoms with Gasteiger partial charge in [0.15, 0.2) is 0 Å². The standard InChI is InChI=1S/C18H21FN2O3S/c1-12-9-10-15(11-13(12)2)20-18(22)14(3)21(25(4,23)24)17-8-6-5-7-16(17)19/h5-11,14H,1-4H3,(H,20,22)/t14-/m0/s1. The number of benzene rings is 2. The summed E-state index contributed by atoms with van der Waals surface area (Å²) in [6, 6.07) is 9.74. The van der Waals surface area contributed by atoms with E-state index in [-0.39, 0.29) is 5.69 Å². The minimum Gasteiger partial charge on any atom is -0.324 e. The predicted octanol–water partition coefficient (Wildman–Crippen LogP) is 3.24. The molecule has 1 amide bonds. The molecule has 1 N–H and O–H groups in total. The maximum Gasteiger partial charge on any atom is 0.247 e. The fraction of sp³-hybridized carbons (Fsp3) is 0.278. The Bertz CT molecular complexity index is 897. The van der Waals surface area contributed by atoms with Crippen LogP contribution >= 0.6 is 0 Å². The Balaban J connectivity index is 2.33. The SMILES string of the molecule is Cc1ccc(NC(=O)[C@H](C)N(c2ccccc2F)S(C)(=O)=O)cc1C. The van der Waals surface area contributed by atoms with E-state index in [0.29, 0.717) is 5.69 Å². The highest BCUT2D eigenvalue weighted by Crippen LogP contribution is 2.25. The van der Waals surface area contributed by atoms with E-state index in [1.165, 1.54) is 25.1 Å². The Hall–Kier alpha value is -2.41. The van der Waals surface area contributed by atoms with Gasteiger partial charge in [0.1, 0.15) is 11.9 Å². The normalized spacial score (nSPS) is 12.5. The molecule has 2 aromatic rings. The number of carbonyl (C=O) groups excluding carboxylic acids is 1. The van der Waals surface area contributed by atoms with Crippen LogP contribution in [0.25, 0.3) is 0 Å². The lowest BCUT2D eigenvalue weighted by atomic mass is 10.1. The molecule has 0 saturated heterocycles. The van der Waals surface area contributed by atoms with Gasteiger partial charge in [-0.05, 0) is 56.2 Å². The van der Waals surface area contributed by atoms with Gasteiger partial charge >= 0.3 is 0 Å². The number of hydrogen-bond acceptors (Lipinski definition) is 3. The molecular formula is C18H21FN2O3S. The molecule has 0 spiro atoms. The van der Waals surface area contributed by atoms with E-state index >= 15 is 0 Å². The van der Waals surface area contributed by atoms with E-state index in [2.05, 4.69) is 5.32 Å². The van der Waals surface area contributed by atoms with Gasteiger partial charge in [-0.2, -0.15) is 0 Å². The second-order valence-corrected chi connectivity index (χ2v) is 7.83. The first-order valence-corrected chi connectivity index (χ1v) is 9.58. The molecular weight excluding hydrogens is 343 g/mol. The van der Waals surface area contributed by atoms with E-state index in [1.807, 2.05) is 19.9 Å². The summed E-state index contributed by atoms with van der Waals surface area (Å²) in [7, 11) is -3.86. The summed E-state index contributed by atoms with van der Waals surface area (Å²) in [5.74, 6) is -1.25. The molecule has 0 saturated carbocycles. The number of anilines is 2. The van der Waals surface area contributed by atoms with Gasteiger partial charge < -0.3 is 5.32 Å². The van der Waals surface area contributed by atoms with Gasteiger partial charge in [-0.1, -0.05) is 18.2 Å². The summed E-state index contributed by atoms with van der Waals surface area (Å²) in [5, 5.41) is 2.68. The van der Waals surface area contributed by atoms with Gasteiger partial charge in [0, 0.05) is 5.69 Å². The van der Waals surface area contributed by atoms with E-state index < -0.39 is 27.8 Å². The molecule has 0 heterocycles. The summed E-state index contributed by atoms with van der Waals surface area (Å²) < 4.78 is 39.2. The average molecular weight is 364 g/mol. The number of halogens is 1. The van der Waals surface area contributed by atoms with E-state index in [9.17, 15) is 17.6 Å². The second kappa shape index (κ2) is 7.23. The van der Waals surface area contributed by atoms with E-state index in [1.54, 1.807) is 12.1 Å². The van der Waals surface area contributed by atoms with Gasteiger partial charge in [-0.3, -0.25) is 9.10 Å². The zero-order valence-corrected chi connectivity index (χ0v) is 15.4. The topological polar surface area (TPSA) is 66.5 Å². The van der Waals surface area contributed by atoms with Crippen molar-refractivity contribution in [1.82, 2.24) is 0 Å². The fourth-order valence-corrected chi connectivity index (χ4v) is 3.65. The highest BCUT2D eigenvalue weighted by Gasteiger charge is 2.30. The third kappa shape index (κ3) is 4.36. The average Bonchev–Trinajstić information content (AvgIpc) is 2.51. The van der Waals surface area contributed by atoms with Crippen LogP contribution in [0.5, 0.6) is 0 Å². The zero-order chi connectivity index (χ0) is 18.8. The molecule has 0 unspecified atom stereocenters. The first kappa shape index (κ1) is 18.9. The Kier molecular flexibility index (Phi) is 5.47. The monoisotopic (exact) mass is 364 g/mol. The van der Waals surface area contributed by atoms with Crippen LogP contribution in [0.1, 0.15) is 18.1 Å². The van der Waals surface area contributed by atoms with Crippen LogP contribution in [-0.2, 0) is 14.8 Å². The zero-order valence-electron chi connectivity index (χ0n) is 14.6. The molecule has 0 bridgehead atoms. The lowest BCUT2D eigenvalue weighted by Crippen LogP contribution is -2.45. The highest BCUT2D eigenvalue weighted by molar-refractivity contribution is 7.92. The Morgan fingerprint density at radius 2 is 1.76 bits per heavy atom. The van der Waals surface area contributed by atoms with Crippen molar-refractivity contribution >= 4 is 27.3 Å². The first-order chi connectivity index (χ1) is 11.6. The van der Waals surface area contributed by atoms with E-state index in [0.717, 1.165) is 27.8 Å². The molecule has 25 heavy (non-hydrogen) atoms. The van der Waals surface area contributed by atoms with Crippen molar-refractivity contribution in [3.63, 3.8) is 0 Å². The van der Waals surface area contributed by atoms with Crippen LogP contribution in [0, 0.1) is 19.7 Å². The van der Waals surface area contributed by atoms with Crippen molar-refractivity contribution in [3.05, 3.63) is 59.4 Å². The van der Waals surface area contributed by atoms with E-state index in [4.69, 9.17) is 0 Å².